The van der Waals surface area contributed by atoms with Gasteiger partial charge in [0.1, 0.15) is 17.6 Å². The first-order valence-electron chi connectivity index (χ1n) is 8.30. The number of hydrogen-bond donors (Lipinski definition) is 0. The van der Waals surface area contributed by atoms with E-state index in [1.807, 2.05) is 30.2 Å². The Hall–Kier alpha value is -2.43. The number of benzene rings is 1. The van der Waals surface area contributed by atoms with Gasteiger partial charge in [0.25, 0.3) is 0 Å². The molecule has 4 heteroatoms. The summed E-state index contributed by atoms with van der Waals surface area (Å²) in [7, 11) is 0.606. The number of halogens is 1. The first kappa shape index (κ1) is 17.4. The van der Waals surface area contributed by atoms with Crippen molar-refractivity contribution in [2.45, 2.75) is 19.9 Å². The molecule has 2 unspecified atom stereocenters. The molecule has 1 aromatic carbocycles. The van der Waals surface area contributed by atoms with Gasteiger partial charge in [0, 0.05) is 12.2 Å². The fourth-order valence-corrected chi connectivity index (χ4v) is 4.24. The Morgan fingerprint density at radius 2 is 2.24 bits per heavy atom. The largest absolute Gasteiger partial charge is 0.333 e. The van der Waals surface area contributed by atoms with Crippen LogP contribution < -0.4 is 0 Å². The molecule has 1 aromatic rings. The molecule has 2 aliphatic heterocycles. The Kier molecular flexibility index (Phi) is 5.31. The fraction of sp³-hybridized carbons (Fsp3) is 0.190. The summed E-state index contributed by atoms with van der Waals surface area (Å²) in [6, 6.07) is 9.17. The van der Waals surface area contributed by atoms with Crippen molar-refractivity contribution >= 4 is 13.9 Å². The summed E-state index contributed by atoms with van der Waals surface area (Å²) >= 11 is 0. The Labute approximate surface area is 150 Å². The van der Waals surface area contributed by atoms with E-state index in [1.54, 1.807) is 12.1 Å². The van der Waals surface area contributed by atoms with Gasteiger partial charge in [-0.2, -0.15) is 5.26 Å². The van der Waals surface area contributed by atoms with Crippen LogP contribution in [-0.2, 0) is 0 Å². The molecule has 0 fully saturated rings. The van der Waals surface area contributed by atoms with E-state index in [9.17, 15) is 9.65 Å². The van der Waals surface area contributed by atoms with Crippen LogP contribution in [0.4, 0.5) is 4.39 Å². The second kappa shape index (κ2) is 7.64. The van der Waals surface area contributed by atoms with Gasteiger partial charge >= 0.3 is 0 Å². The summed E-state index contributed by atoms with van der Waals surface area (Å²) in [6.07, 6.45) is 13.3. The van der Waals surface area contributed by atoms with Crippen molar-refractivity contribution < 1.29 is 4.39 Å². The quantitative estimate of drug-likeness (QED) is 0.542. The third-order valence-corrected chi connectivity index (χ3v) is 5.66. The van der Waals surface area contributed by atoms with Crippen molar-refractivity contribution in [1.82, 2.24) is 4.90 Å². The van der Waals surface area contributed by atoms with Gasteiger partial charge in [-0.1, -0.05) is 51.1 Å². The summed E-state index contributed by atoms with van der Waals surface area (Å²) in [5.41, 5.74) is 3.72. The van der Waals surface area contributed by atoms with Gasteiger partial charge in [0.2, 0.25) is 0 Å². The topological polar surface area (TPSA) is 27.0 Å². The smallest absolute Gasteiger partial charge is 0.123 e. The molecule has 3 rings (SSSR count). The number of hydrogen-bond acceptors (Lipinski definition) is 2. The summed E-state index contributed by atoms with van der Waals surface area (Å²) in [5.74, 6) is -0.215. The van der Waals surface area contributed by atoms with Crippen LogP contribution in [0.15, 0.2) is 77.7 Å². The van der Waals surface area contributed by atoms with Crippen LogP contribution in [0.25, 0.3) is 5.31 Å². The highest BCUT2D eigenvalue weighted by Crippen LogP contribution is 2.43. The van der Waals surface area contributed by atoms with Crippen molar-refractivity contribution in [2.24, 2.45) is 0 Å². The van der Waals surface area contributed by atoms with Crippen LogP contribution in [0.1, 0.15) is 19.4 Å². The standard InChI is InChI=1S/C21H20FN2P/c1-3-19(13-23)24-14-17(10-9-15(24)2)20-8-5-11-25-21(20)16-6-4-7-18(22)12-16/h3-10,12,14-15,25H,11H2,1-2H3/b19-3-. The third kappa shape index (κ3) is 3.65. The molecule has 0 aromatic heterocycles. The van der Waals surface area contributed by atoms with Gasteiger partial charge in [0.05, 0.1) is 0 Å². The van der Waals surface area contributed by atoms with Gasteiger partial charge in [-0.3, -0.25) is 0 Å². The number of allylic oxidation sites excluding steroid dienone is 7. The first-order valence-corrected chi connectivity index (χ1v) is 9.50. The predicted octanol–water partition coefficient (Wildman–Crippen LogP) is 5.36. The van der Waals surface area contributed by atoms with E-state index in [2.05, 4.69) is 37.3 Å². The maximum atomic E-state index is 13.7. The van der Waals surface area contributed by atoms with Crippen molar-refractivity contribution in [3.8, 4) is 6.07 Å². The van der Waals surface area contributed by atoms with Crippen molar-refractivity contribution in [1.29, 1.82) is 5.26 Å². The Morgan fingerprint density at radius 1 is 1.40 bits per heavy atom. The van der Waals surface area contributed by atoms with Crippen LogP contribution in [-0.4, -0.2) is 17.1 Å². The van der Waals surface area contributed by atoms with Gasteiger partial charge < -0.3 is 4.90 Å². The molecule has 2 atom stereocenters. The van der Waals surface area contributed by atoms with Gasteiger partial charge in [-0.25, -0.2) is 4.39 Å². The highest BCUT2D eigenvalue weighted by Gasteiger charge is 2.20. The average Bonchev–Trinajstić information content (AvgIpc) is 2.64. The van der Waals surface area contributed by atoms with Crippen LogP contribution in [0.2, 0.25) is 0 Å². The van der Waals surface area contributed by atoms with Gasteiger partial charge in [0.15, 0.2) is 0 Å². The van der Waals surface area contributed by atoms with E-state index in [0.717, 1.165) is 22.9 Å². The second-order valence-electron chi connectivity index (χ2n) is 5.96. The van der Waals surface area contributed by atoms with E-state index in [0.29, 0.717) is 14.3 Å². The normalized spacial score (nSPS) is 21.5. The minimum atomic E-state index is -0.215. The lowest BCUT2D eigenvalue weighted by Gasteiger charge is -2.30. The van der Waals surface area contributed by atoms with E-state index in [1.165, 1.54) is 11.4 Å². The van der Waals surface area contributed by atoms with E-state index >= 15 is 0 Å². The highest BCUT2D eigenvalue weighted by atomic mass is 31.1. The van der Waals surface area contributed by atoms with Gasteiger partial charge in [-0.15, -0.1) is 0 Å². The molecule has 25 heavy (non-hydrogen) atoms. The van der Waals surface area contributed by atoms with E-state index in [4.69, 9.17) is 0 Å². The van der Waals surface area contributed by atoms with E-state index in [-0.39, 0.29) is 11.9 Å². The third-order valence-electron chi connectivity index (χ3n) is 4.31. The molecule has 0 spiro atoms. The lowest BCUT2D eigenvalue weighted by atomic mass is 9.98. The molecular formula is C21H20FN2P. The van der Waals surface area contributed by atoms with Crippen LogP contribution in [0, 0.1) is 17.1 Å². The minimum Gasteiger partial charge on any atom is -0.333 e. The second-order valence-corrected chi connectivity index (χ2v) is 7.22. The summed E-state index contributed by atoms with van der Waals surface area (Å²) < 4.78 is 13.7. The molecule has 0 bridgehead atoms. The molecule has 126 valence electrons. The minimum absolute atomic E-state index is 0.128. The Morgan fingerprint density at radius 3 is 2.96 bits per heavy atom. The Bertz CT molecular complexity index is 868. The molecule has 0 aliphatic carbocycles. The zero-order chi connectivity index (χ0) is 17.8. The van der Waals surface area contributed by atoms with Crippen LogP contribution in [0.3, 0.4) is 0 Å². The molecule has 2 aliphatic rings. The molecule has 2 heterocycles. The maximum Gasteiger partial charge on any atom is 0.123 e. The van der Waals surface area contributed by atoms with Crippen molar-refractivity contribution in [2.75, 3.05) is 6.16 Å². The lowest BCUT2D eigenvalue weighted by molar-refractivity contribution is 0.422. The summed E-state index contributed by atoms with van der Waals surface area (Å²) in [5, 5.41) is 10.5. The van der Waals surface area contributed by atoms with Crippen molar-refractivity contribution in [3.05, 3.63) is 89.1 Å². The summed E-state index contributed by atoms with van der Waals surface area (Å²) in [6.45, 7) is 3.93. The predicted molar refractivity (Wildman–Crippen MR) is 104 cm³/mol. The monoisotopic (exact) mass is 350 g/mol. The fourth-order valence-electron chi connectivity index (χ4n) is 3.02. The molecular weight excluding hydrogens is 330 g/mol. The van der Waals surface area contributed by atoms with Gasteiger partial charge in [-0.05, 0) is 54.2 Å². The first-order chi connectivity index (χ1) is 12.1. The van der Waals surface area contributed by atoms with Crippen molar-refractivity contribution in [3.63, 3.8) is 0 Å². The number of nitrogens with zero attached hydrogens (tertiary/aromatic N) is 2. The SMILES string of the molecule is C/C=C(/C#N)N1C=C(C2=C(c3cccc(F)c3)PCC=C2)C=CC1C. The molecule has 2 nitrogen and oxygen atoms in total. The zero-order valence-electron chi connectivity index (χ0n) is 14.3. The molecule has 0 radical (unpaired) electrons. The van der Waals surface area contributed by atoms with Crippen LogP contribution in [0.5, 0.6) is 0 Å². The molecule has 0 saturated carbocycles. The average molecular weight is 350 g/mol. The number of rotatable bonds is 3. The molecule has 0 amide bonds. The molecule has 0 N–H and O–H groups in total. The van der Waals surface area contributed by atoms with E-state index < -0.39 is 0 Å². The lowest BCUT2D eigenvalue weighted by Crippen LogP contribution is -2.28. The Balaban J connectivity index is 2.08. The summed E-state index contributed by atoms with van der Waals surface area (Å²) in [4.78, 5) is 1.98. The van der Waals surface area contributed by atoms with Crippen LogP contribution >= 0.6 is 8.58 Å². The highest BCUT2D eigenvalue weighted by molar-refractivity contribution is 7.50. The zero-order valence-corrected chi connectivity index (χ0v) is 15.3. The molecule has 0 saturated heterocycles. The number of nitriles is 1. The maximum absolute atomic E-state index is 13.7.